The highest BCUT2D eigenvalue weighted by Crippen LogP contribution is 2.12. The Morgan fingerprint density at radius 2 is 0.556 bits per heavy atom. The first-order chi connectivity index (χ1) is 31.0. The molecule has 0 radical (unpaired) electrons. The Morgan fingerprint density at radius 1 is 0.317 bits per heavy atom. The molecule has 0 bridgehead atoms. The molecule has 0 aromatic carbocycles. The summed E-state index contributed by atoms with van der Waals surface area (Å²) in [4.78, 5) is 37.9. The summed E-state index contributed by atoms with van der Waals surface area (Å²) in [7, 11) is 0. The summed E-state index contributed by atoms with van der Waals surface area (Å²) < 4.78 is 16.6. The maximum Gasteiger partial charge on any atom is 0.306 e. The summed E-state index contributed by atoms with van der Waals surface area (Å²) in [5, 5.41) is 0. The quantitative estimate of drug-likeness (QED) is 0.0266. The van der Waals surface area contributed by atoms with Gasteiger partial charge in [0.05, 0.1) is 0 Å². The highest BCUT2D eigenvalue weighted by atomic mass is 16.6. The molecule has 0 N–H and O–H groups in total. The van der Waals surface area contributed by atoms with Crippen LogP contribution in [0.2, 0.25) is 0 Å². The standard InChI is InChI=1S/C57H86O6/c1-4-7-10-13-16-19-22-25-28-31-34-37-40-43-46-49-55(58)61-52-54(63-57(60)51-48-45-42-39-36-33-30-27-24-21-18-15-12-9-6-3)53-62-56(59)50-47-44-41-38-35-32-29-26-23-20-17-14-11-8-5-2/h54H,4-21,34-53H2,1-3H3. The van der Waals surface area contributed by atoms with E-state index < -0.39 is 6.10 Å². The first-order valence-corrected chi connectivity index (χ1v) is 25.4. The van der Waals surface area contributed by atoms with E-state index in [0.29, 0.717) is 19.3 Å². The van der Waals surface area contributed by atoms with E-state index >= 15 is 0 Å². The van der Waals surface area contributed by atoms with Crippen molar-refractivity contribution in [1.82, 2.24) is 0 Å². The molecule has 0 unspecified atom stereocenters. The summed E-state index contributed by atoms with van der Waals surface area (Å²) in [6, 6.07) is 0. The molecule has 0 heterocycles. The Bertz CT molecular complexity index is 1440. The normalized spacial score (nSPS) is 9.90. The second-order valence-corrected chi connectivity index (χ2v) is 16.5. The van der Waals surface area contributed by atoms with E-state index in [1.165, 1.54) is 77.0 Å². The van der Waals surface area contributed by atoms with Crippen molar-refractivity contribution < 1.29 is 28.6 Å². The summed E-state index contributed by atoms with van der Waals surface area (Å²) in [5.41, 5.74) is 0. The Labute approximate surface area is 387 Å². The smallest absolute Gasteiger partial charge is 0.306 e. The van der Waals surface area contributed by atoms with Crippen LogP contribution >= 0.6 is 0 Å². The zero-order valence-electron chi connectivity index (χ0n) is 40.4. The number of ether oxygens (including phenoxy) is 3. The number of carbonyl (C=O) groups is 3. The van der Waals surface area contributed by atoms with Crippen LogP contribution in [-0.4, -0.2) is 37.2 Å². The molecule has 0 spiro atoms. The first-order valence-electron chi connectivity index (χ1n) is 25.4. The molecule has 0 saturated carbocycles. The summed E-state index contributed by atoms with van der Waals surface area (Å²) in [5.74, 6) is 35.5. The highest BCUT2D eigenvalue weighted by molar-refractivity contribution is 5.71. The van der Waals surface area contributed by atoms with E-state index in [0.717, 1.165) is 116 Å². The van der Waals surface area contributed by atoms with Crippen LogP contribution < -0.4 is 0 Å². The molecule has 0 saturated heterocycles. The molecular weight excluding hydrogens is 781 g/mol. The predicted octanol–water partition coefficient (Wildman–Crippen LogP) is 14.1. The highest BCUT2D eigenvalue weighted by Gasteiger charge is 2.19. The van der Waals surface area contributed by atoms with Gasteiger partial charge in [-0.05, 0) is 93.3 Å². The van der Waals surface area contributed by atoms with Gasteiger partial charge < -0.3 is 14.2 Å². The molecule has 0 fully saturated rings. The van der Waals surface area contributed by atoms with Gasteiger partial charge in [-0.3, -0.25) is 14.4 Å². The van der Waals surface area contributed by atoms with Gasteiger partial charge in [0.2, 0.25) is 0 Å². The third-order valence-corrected chi connectivity index (χ3v) is 10.4. The molecule has 0 aromatic rings. The van der Waals surface area contributed by atoms with Crippen LogP contribution in [-0.2, 0) is 28.6 Å². The van der Waals surface area contributed by atoms with Gasteiger partial charge in [0.15, 0.2) is 6.10 Å². The van der Waals surface area contributed by atoms with Crippen molar-refractivity contribution in [1.29, 1.82) is 0 Å². The molecule has 6 heteroatoms. The van der Waals surface area contributed by atoms with Crippen LogP contribution in [0, 0.1) is 71.0 Å². The third kappa shape index (κ3) is 48.7. The fourth-order valence-corrected chi connectivity index (χ4v) is 6.48. The molecule has 350 valence electrons. The van der Waals surface area contributed by atoms with Gasteiger partial charge in [-0.25, -0.2) is 0 Å². The van der Waals surface area contributed by atoms with Crippen molar-refractivity contribution in [3.05, 3.63) is 0 Å². The van der Waals surface area contributed by atoms with E-state index in [2.05, 4.69) is 91.8 Å². The Balaban J connectivity index is 4.56. The largest absolute Gasteiger partial charge is 0.462 e. The summed E-state index contributed by atoms with van der Waals surface area (Å²) in [6.07, 6.45) is 34.5. The Kier molecular flexibility index (Phi) is 47.0. The topological polar surface area (TPSA) is 78.9 Å². The van der Waals surface area contributed by atoms with Crippen molar-refractivity contribution in [2.75, 3.05) is 13.2 Å². The van der Waals surface area contributed by atoms with E-state index in [1.807, 2.05) is 0 Å². The fourth-order valence-electron chi connectivity index (χ4n) is 6.48. The predicted molar refractivity (Wildman–Crippen MR) is 262 cm³/mol. The molecular formula is C57H86O6. The lowest BCUT2D eigenvalue weighted by Crippen LogP contribution is -2.30. The maximum absolute atomic E-state index is 12.8. The second kappa shape index (κ2) is 50.4. The van der Waals surface area contributed by atoms with Crippen molar-refractivity contribution in [2.24, 2.45) is 0 Å². The van der Waals surface area contributed by atoms with Crippen LogP contribution in [0.3, 0.4) is 0 Å². The van der Waals surface area contributed by atoms with Crippen molar-refractivity contribution >= 4 is 17.9 Å². The number of esters is 3. The molecule has 63 heavy (non-hydrogen) atoms. The van der Waals surface area contributed by atoms with Gasteiger partial charge in [0.25, 0.3) is 0 Å². The third-order valence-electron chi connectivity index (χ3n) is 10.4. The maximum atomic E-state index is 12.8. The van der Waals surface area contributed by atoms with Gasteiger partial charge in [-0.1, -0.05) is 172 Å². The zero-order valence-corrected chi connectivity index (χ0v) is 40.4. The summed E-state index contributed by atoms with van der Waals surface area (Å²) >= 11 is 0. The monoisotopic (exact) mass is 867 g/mol. The Morgan fingerprint density at radius 3 is 0.825 bits per heavy atom. The molecule has 0 aliphatic heterocycles. The zero-order chi connectivity index (χ0) is 45.8. The van der Waals surface area contributed by atoms with Gasteiger partial charge in [-0.2, -0.15) is 0 Å². The molecule has 0 aliphatic carbocycles. The number of rotatable bonds is 38. The van der Waals surface area contributed by atoms with Gasteiger partial charge >= 0.3 is 17.9 Å². The van der Waals surface area contributed by atoms with Crippen LogP contribution in [0.5, 0.6) is 0 Å². The molecule has 6 nitrogen and oxygen atoms in total. The van der Waals surface area contributed by atoms with E-state index in [9.17, 15) is 14.4 Å². The van der Waals surface area contributed by atoms with Crippen LogP contribution in [0.15, 0.2) is 0 Å². The second-order valence-electron chi connectivity index (χ2n) is 16.5. The van der Waals surface area contributed by atoms with Crippen LogP contribution in [0.25, 0.3) is 0 Å². The first kappa shape index (κ1) is 58.8. The number of unbranched alkanes of at least 4 members (excludes halogenated alkanes) is 27. The molecule has 0 amide bonds. The van der Waals surface area contributed by atoms with Crippen LogP contribution in [0.1, 0.15) is 252 Å². The van der Waals surface area contributed by atoms with E-state index in [-0.39, 0.29) is 50.4 Å². The van der Waals surface area contributed by atoms with Crippen molar-refractivity contribution in [3.8, 4) is 71.0 Å². The lowest BCUT2D eigenvalue weighted by Gasteiger charge is -2.18. The Hall–Kier alpha value is -4.23. The van der Waals surface area contributed by atoms with E-state index in [1.54, 1.807) is 0 Å². The minimum atomic E-state index is -0.844. The van der Waals surface area contributed by atoms with Crippen molar-refractivity contribution in [2.45, 2.75) is 258 Å². The van der Waals surface area contributed by atoms with Gasteiger partial charge in [0.1, 0.15) is 13.2 Å². The average Bonchev–Trinajstić information content (AvgIpc) is 3.28. The lowest BCUT2D eigenvalue weighted by atomic mass is 10.1. The lowest BCUT2D eigenvalue weighted by molar-refractivity contribution is -0.167. The molecule has 0 atom stereocenters. The van der Waals surface area contributed by atoms with Gasteiger partial charge in [0, 0.05) is 57.8 Å². The van der Waals surface area contributed by atoms with Crippen LogP contribution in [0.4, 0.5) is 0 Å². The van der Waals surface area contributed by atoms with Crippen molar-refractivity contribution in [3.63, 3.8) is 0 Å². The SMILES string of the molecule is CCCCCCCC#CC#CCCCCCCC(=O)OCC(COC(=O)CCCCCCC#CC#CCCCCCCC)OC(=O)CCCCCCC#CC#CCCCCCCC. The number of hydrogen-bond donors (Lipinski definition) is 0. The number of hydrogen-bond acceptors (Lipinski definition) is 6. The fraction of sp³-hybridized carbons (Fsp3) is 0.737. The minimum Gasteiger partial charge on any atom is -0.462 e. The van der Waals surface area contributed by atoms with E-state index in [4.69, 9.17) is 14.2 Å². The molecule has 0 aliphatic rings. The minimum absolute atomic E-state index is 0.141. The summed E-state index contributed by atoms with van der Waals surface area (Å²) in [6.45, 7) is 6.38. The number of carbonyl (C=O) groups excluding carboxylic acids is 3. The average molecular weight is 867 g/mol. The molecule has 0 rings (SSSR count). The molecule has 0 aromatic heterocycles. The van der Waals surface area contributed by atoms with Gasteiger partial charge in [-0.15, -0.1) is 0 Å².